The van der Waals surface area contributed by atoms with Crippen molar-refractivity contribution >= 4 is 5.97 Å². The van der Waals surface area contributed by atoms with Crippen LogP contribution in [0, 0.1) is 17.8 Å². The molecule has 0 amide bonds. The molecule has 0 aliphatic carbocycles. The summed E-state index contributed by atoms with van der Waals surface area (Å²) in [7, 11) is 0. The first-order valence-corrected chi connectivity index (χ1v) is 3.21. The van der Waals surface area contributed by atoms with Crippen LogP contribution in [-0.4, -0.2) is 24.2 Å². The van der Waals surface area contributed by atoms with E-state index in [-0.39, 0.29) is 0 Å². The fraction of sp³-hybridized carbons (Fsp3) is 0.571. The Hall–Kier alpha value is -1.01. The Morgan fingerprint density at radius 2 is 2.40 bits per heavy atom. The van der Waals surface area contributed by atoms with Gasteiger partial charge < -0.3 is 10.4 Å². The molecule has 1 heterocycles. The molecule has 0 radical (unpaired) electrons. The van der Waals surface area contributed by atoms with Gasteiger partial charge in [-0.05, 0) is 5.92 Å². The lowest BCUT2D eigenvalue weighted by molar-refractivity contribution is -0.130. The van der Waals surface area contributed by atoms with Gasteiger partial charge in [0.05, 0.1) is 0 Å². The van der Waals surface area contributed by atoms with Gasteiger partial charge in [-0.15, -0.1) is 0 Å². The lowest BCUT2D eigenvalue weighted by Gasteiger charge is -2.24. The number of aliphatic carboxylic acids is 1. The Kier molecular flexibility index (Phi) is 2.30. The summed E-state index contributed by atoms with van der Waals surface area (Å²) in [6.45, 7) is 1.96. The largest absolute Gasteiger partial charge is 0.472 e. The van der Waals surface area contributed by atoms with Crippen LogP contribution in [0.1, 0.15) is 6.42 Å². The Bertz CT molecular complexity index is 186. The summed E-state index contributed by atoms with van der Waals surface area (Å²) in [5.41, 5.74) is 0. The number of nitrogens with one attached hydrogen (secondary N) is 1. The average Bonchev–Trinajstić information content (AvgIpc) is 1.75. The molecule has 2 N–H and O–H groups in total. The maximum atomic E-state index is 9.90. The fourth-order valence-corrected chi connectivity index (χ4v) is 0.764. The van der Waals surface area contributed by atoms with E-state index in [0.29, 0.717) is 12.3 Å². The molecule has 1 aliphatic heterocycles. The van der Waals surface area contributed by atoms with Crippen LogP contribution < -0.4 is 5.32 Å². The van der Waals surface area contributed by atoms with Gasteiger partial charge in [0.25, 0.3) is 0 Å². The van der Waals surface area contributed by atoms with Crippen LogP contribution in [0.2, 0.25) is 0 Å². The van der Waals surface area contributed by atoms with Crippen LogP contribution in [0.25, 0.3) is 0 Å². The quantitative estimate of drug-likeness (QED) is 0.490. The van der Waals surface area contributed by atoms with Gasteiger partial charge in [0.1, 0.15) is 0 Å². The highest BCUT2D eigenvalue weighted by molar-refractivity contribution is 5.86. The highest BCUT2D eigenvalue weighted by atomic mass is 16.4. The van der Waals surface area contributed by atoms with Crippen molar-refractivity contribution in [2.75, 3.05) is 13.1 Å². The second-order valence-electron chi connectivity index (χ2n) is 2.34. The van der Waals surface area contributed by atoms with Crippen LogP contribution in [0.15, 0.2) is 0 Å². The van der Waals surface area contributed by atoms with Crippen molar-refractivity contribution in [1.29, 1.82) is 0 Å². The first-order valence-electron chi connectivity index (χ1n) is 3.21. The normalized spacial score (nSPS) is 16.8. The zero-order chi connectivity index (χ0) is 7.40. The third-order valence-electron chi connectivity index (χ3n) is 1.45. The second-order valence-corrected chi connectivity index (χ2v) is 2.34. The molecule has 0 bridgehead atoms. The SMILES string of the molecule is O=C(O)C#CCC1CNC1. The van der Waals surface area contributed by atoms with Gasteiger partial charge in [-0.1, -0.05) is 5.92 Å². The smallest absolute Gasteiger partial charge is 0.381 e. The van der Waals surface area contributed by atoms with Gasteiger partial charge in [0.15, 0.2) is 0 Å². The molecule has 0 atom stereocenters. The van der Waals surface area contributed by atoms with E-state index < -0.39 is 5.97 Å². The summed E-state index contributed by atoms with van der Waals surface area (Å²) in [4.78, 5) is 9.90. The summed E-state index contributed by atoms with van der Waals surface area (Å²) in [6, 6.07) is 0. The molecule has 10 heavy (non-hydrogen) atoms. The zero-order valence-corrected chi connectivity index (χ0v) is 5.55. The second kappa shape index (κ2) is 3.23. The molecule has 0 aromatic heterocycles. The number of carboxylic acid groups (broad SMARTS) is 1. The van der Waals surface area contributed by atoms with Gasteiger partial charge in [0, 0.05) is 25.4 Å². The van der Waals surface area contributed by atoms with Gasteiger partial charge in [-0.3, -0.25) is 0 Å². The highest BCUT2D eigenvalue weighted by Gasteiger charge is 2.14. The third-order valence-corrected chi connectivity index (χ3v) is 1.45. The number of hydrogen-bond donors (Lipinski definition) is 2. The number of hydrogen-bond acceptors (Lipinski definition) is 2. The molecule has 1 fully saturated rings. The molecule has 3 heteroatoms. The summed E-state index contributed by atoms with van der Waals surface area (Å²) in [5.74, 6) is 4.22. The van der Waals surface area contributed by atoms with E-state index in [2.05, 4.69) is 17.2 Å². The average molecular weight is 139 g/mol. The van der Waals surface area contributed by atoms with Crippen molar-refractivity contribution in [1.82, 2.24) is 5.32 Å². The van der Waals surface area contributed by atoms with Crippen LogP contribution >= 0.6 is 0 Å². The van der Waals surface area contributed by atoms with Crippen molar-refractivity contribution in [3.8, 4) is 11.8 Å². The predicted octanol–water partition coefficient (Wildman–Crippen LogP) is -0.316. The Balaban J connectivity index is 2.15. The van der Waals surface area contributed by atoms with E-state index >= 15 is 0 Å². The molecule has 0 aromatic carbocycles. The molecule has 0 spiro atoms. The number of rotatable bonds is 1. The van der Waals surface area contributed by atoms with Crippen LogP contribution in [0.5, 0.6) is 0 Å². The molecule has 1 aliphatic rings. The monoisotopic (exact) mass is 139 g/mol. The molecule has 1 saturated heterocycles. The van der Waals surface area contributed by atoms with Crippen molar-refractivity contribution in [3.63, 3.8) is 0 Å². The predicted molar refractivity (Wildman–Crippen MR) is 36.4 cm³/mol. The molecule has 3 nitrogen and oxygen atoms in total. The van der Waals surface area contributed by atoms with Crippen LogP contribution in [-0.2, 0) is 4.79 Å². The Morgan fingerprint density at radius 3 is 2.80 bits per heavy atom. The topological polar surface area (TPSA) is 49.3 Å². The molecule has 0 unspecified atom stereocenters. The minimum absolute atomic E-state index is 0.576. The van der Waals surface area contributed by atoms with Crippen molar-refractivity contribution in [2.45, 2.75) is 6.42 Å². The molecule has 54 valence electrons. The number of carbonyl (C=O) groups is 1. The molecular weight excluding hydrogens is 130 g/mol. The lowest BCUT2D eigenvalue weighted by Crippen LogP contribution is -2.41. The van der Waals surface area contributed by atoms with E-state index in [9.17, 15) is 4.79 Å². The van der Waals surface area contributed by atoms with Gasteiger partial charge in [-0.25, -0.2) is 4.79 Å². The first kappa shape index (κ1) is 7.10. The summed E-state index contributed by atoms with van der Waals surface area (Å²) in [5, 5.41) is 11.2. The lowest BCUT2D eigenvalue weighted by atomic mass is 10.0. The Labute approximate surface area is 59.4 Å². The number of carboxylic acids is 1. The van der Waals surface area contributed by atoms with Gasteiger partial charge >= 0.3 is 5.97 Å². The molecule has 0 aromatic rings. The maximum Gasteiger partial charge on any atom is 0.381 e. The van der Waals surface area contributed by atoms with Crippen molar-refractivity contribution < 1.29 is 9.90 Å². The van der Waals surface area contributed by atoms with Gasteiger partial charge in [-0.2, -0.15) is 0 Å². The summed E-state index contributed by atoms with van der Waals surface area (Å²) in [6.07, 6.45) is 0.708. The minimum Gasteiger partial charge on any atom is -0.472 e. The third kappa shape index (κ3) is 2.08. The van der Waals surface area contributed by atoms with E-state index in [0.717, 1.165) is 13.1 Å². The molecule has 1 rings (SSSR count). The molecule has 0 saturated carbocycles. The fourth-order valence-electron chi connectivity index (χ4n) is 0.764. The van der Waals surface area contributed by atoms with Crippen LogP contribution in [0.4, 0.5) is 0 Å². The van der Waals surface area contributed by atoms with E-state index in [1.165, 1.54) is 0 Å². The standard InChI is InChI=1S/C7H9NO2/c9-7(10)3-1-2-6-4-8-5-6/h6,8H,2,4-5H2,(H,9,10). The molecular formula is C7H9NO2. The Morgan fingerprint density at radius 1 is 1.70 bits per heavy atom. The summed E-state index contributed by atoms with van der Waals surface area (Å²) < 4.78 is 0. The van der Waals surface area contributed by atoms with Crippen molar-refractivity contribution in [3.05, 3.63) is 0 Å². The zero-order valence-electron chi connectivity index (χ0n) is 5.55. The van der Waals surface area contributed by atoms with Gasteiger partial charge in [0.2, 0.25) is 0 Å². The first-order chi connectivity index (χ1) is 4.79. The maximum absolute atomic E-state index is 9.90. The highest BCUT2D eigenvalue weighted by Crippen LogP contribution is 2.05. The summed E-state index contributed by atoms with van der Waals surface area (Å²) >= 11 is 0. The minimum atomic E-state index is -1.03. The van der Waals surface area contributed by atoms with Crippen molar-refractivity contribution in [2.24, 2.45) is 5.92 Å². The van der Waals surface area contributed by atoms with Crippen LogP contribution in [0.3, 0.4) is 0 Å². The van der Waals surface area contributed by atoms with E-state index in [1.54, 1.807) is 0 Å². The van der Waals surface area contributed by atoms with E-state index in [4.69, 9.17) is 5.11 Å². The van der Waals surface area contributed by atoms with E-state index in [1.807, 2.05) is 0 Å².